The van der Waals surface area contributed by atoms with Crippen molar-refractivity contribution in [1.29, 1.82) is 0 Å². The standard InChI is InChI=1S/C12H24N2/c1-11(2)10(12(11,3)4)8-14-7-9-5-13-6-9/h9-10,13-14H,5-8H2,1-4H3. The van der Waals surface area contributed by atoms with Gasteiger partial charge in [0.2, 0.25) is 0 Å². The van der Waals surface area contributed by atoms with Crippen molar-refractivity contribution in [2.75, 3.05) is 26.2 Å². The van der Waals surface area contributed by atoms with Crippen molar-refractivity contribution in [3.8, 4) is 0 Å². The number of rotatable bonds is 4. The number of nitrogens with one attached hydrogen (secondary N) is 2. The molecule has 0 amide bonds. The average molecular weight is 196 g/mol. The van der Waals surface area contributed by atoms with Crippen molar-refractivity contribution in [2.24, 2.45) is 22.7 Å². The zero-order chi connectivity index (χ0) is 10.4. The van der Waals surface area contributed by atoms with Crippen LogP contribution in [0.3, 0.4) is 0 Å². The molecule has 2 rings (SSSR count). The molecule has 1 heterocycles. The van der Waals surface area contributed by atoms with E-state index >= 15 is 0 Å². The molecule has 2 N–H and O–H groups in total. The molecular weight excluding hydrogens is 172 g/mol. The lowest BCUT2D eigenvalue weighted by atomic mass is 10.0. The Morgan fingerprint density at radius 1 is 1.07 bits per heavy atom. The van der Waals surface area contributed by atoms with Gasteiger partial charge in [0.1, 0.15) is 0 Å². The fraction of sp³-hybridized carbons (Fsp3) is 1.00. The van der Waals surface area contributed by atoms with E-state index in [9.17, 15) is 0 Å². The Labute approximate surface area is 87.8 Å². The van der Waals surface area contributed by atoms with Crippen LogP contribution in [0.25, 0.3) is 0 Å². The third-order valence-corrected chi connectivity index (χ3v) is 4.97. The van der Waals surface area contributed by atoms with Crippen molar-refractivity contribution in [2.45, 2.75) is 27.7 Å². The summed E-state index contributed by atoms with van der Waals surface area (Å²) in [5, 5.41) is 6.93. The lowest BCUT2D eigenvalue weighted by molar-refractivity contribution is 0.326. The van der Waals surface area contributed by atoms with Gasteiger partial charge in [0.25, 0.3) is 0 Å². The van der Waals surface area contributed by atoms with E-state index in [1.165, 1.54) is 26.2 Å². The van der Waals surface area contributed by atoms with Crippen LogP contribution in [0.15, 0.2) is 0 Å². The van der Waals surface area contributed by atoms with E-state index in [0.717, 1.165) is 11.8 Å². The van der Waals surface area contributed by atoms with Crippen LogP contribution in [-0.2, 0) is 0 Å². The first kappa shape index (κ1) is 10.4. The lowest BCUT2D eigenvalue weighted by Gasteiger charge is -2.27. The van der Waals surface area contributed by atoms with Crippen molar-refractivity contribution < 1.29 is 0 Å². The Morgan fingerprint density at radius 3 is 2.00 bits per heavy atom. The maximum atomic E-state index is 3.62. The molecular formula is C12H24N2. The molecule has 1 saturated heterocycles. The van der Waals surface area contributed by atoms with Gasteiger partial charge in [-0.2, -0.15) is 0 Å². The monoisotopic (exact) mass is 196 g/mol. The quantitative estimate of drug-likeness (QED) is 0.711. The molecule has 0 aromatic heterocycles. The summed E-state index contributed by atoms with van der Waals surface area (Å²) in [5.74, 6) is 1.75. The fourth-order valence-electron chi connectivity index (χ4n) is 2.77. The van der Waals surface area contributed by atoms with E-state index in [1.54, 1.807) is 0 Å². The Balaban J connectivity index is 1.67. The minimum Gasteiger partial charge on any atom is -0.316 e. The van der Waals surface area contributed by atoms with E-state index in [4.69, 9.17) is 0 Å². The van der Waals surface area contributed by atoms with Crippen LogP contribution in [0.1, 0.15) is 27.7 Å². The van der Waals surface area contributed by atoms with Gasteiger partial charge in [-0.15, -0.1) is 0 Å². The minimum atomic E-state index is 0.540. The largest absolute Gasteiger partial charge is 0.316 e. The molecule has 1 aliphatic carbocycles. The predicted octanol–water partition coefficient (Wildman–Crippen LogP) is 1.48. The summed E-state index contributed by atoms with van der Waals surface area (Å²) in [4.78, 5) is 0. The van der Waals surface area contributed by atoms with Gasteiger partial charge in [-0.05, 0) is 29.2 Å². The Bertz CT molecular complexity index is 202. The molecule has 0 bridgehead atoms. The van der Waals surface area contributed by atoms with E-state index in [0.29, 0.717) is 10.8 Å². The molecule has 2 aliphatic rings. The predicted molar refractivity (Wildman–Crippen MR) is 60.3 cm³/mol. The normalized spacial score (nSPS) is 30.0. The van der Waals surface area contributed by atoms with Gasteiger partial charge >= 0.3 is 0 Å². The highest BCUT2D eigenvalue weighted by molar-refractivity contribution is 5.12. The molecule has 0 unspecified atom stereocenters. The van der Waals surface area contributed by atoms with E-state index in [2.05, 4.69) is 38.3 Å². The first-order valence-electron chi connectivity index (χ1n) is 5.87. The van der Waals surface area contributed by atoms with Crippen LogP contribution in [0.4, 0.5) is 0 Å². The van der Waals surface area contributed by atoms with E-state index in [-0.39, 0.29) is 0 Å². The smallest absolute Gasteiger partial charge is 0.000394 e. The van der Waals surface area contributed by atoms with Crippen molar-refractivity contribution >= 4 is 0 Å². The molecule has 1 aliphatic heterocycles. The van der Waals surface area contributed by atoms with Crippen LogP contribution in [0.2, 0.25) is 0 Å². The van der Waals surface area contributed by atoms with Gasteiger partial charge in [-0.25, -0.2) is 0 Å². The molecule has 0 spiro atoms. The third-order valence-electron chi connectivity index (χ3n) is 4.97. The van der Waals surface area contributed by atoms with Gasteiger partial charge in [-0.1, -0.05) is 27.7 Å². The summed E-state index contributed by atoms with van der Waals surface area (Å²) in [6.07, 6.45) is 0. The molecule has 2 nitrogen and oxygen atoms in total. The lowest BCUT2D eigenvalue weighted by Crippen LogP contribution is -2.47. The topological polar surface area (TPSA) is 24.1 Å². The van der Waals surface area contributed by atoms with Crippen molar-refractivity contribution in [3.05, 3.63) is 0 Å². The molecule has 0 aromatic rings. The molecule has 0 aromatic carbocycles. The second-order valence-corrected chi connectivity index (χ2v) is 6.18. The molecule has 0 radical (unpaired) electrons. The Kier molecular flexibility index (Phi) is 2.39. The van der Waals surface area contributed by atoms with Gasteiger partial charge < -0.3 is 10.6 Å². The summed E-state index contributed by atoms with van der Waals surface area (Å²) in [7, 11) is 0. The summed E-state index contributed by atoms with van der Waals surface area (Å²) < 4.78 is 0. The molecule has 2 heteroatoms. The zero-order valence-corrected chi connectivity index (χ0v) is 9.98. The van der Waals surface area contributed by atoms with Crippen LogP contribution < -0.4 is 10.6 Å². The Morgan fingerprint density at radius 2 is 1.64 bits per heavy atom. The molecule has 14 heavy (non-hydrogen) atoms. The van der Waals surface area contributed by atoms with E-state index in [1.807, 2.05) is 0 Å². The van der Waals surface area contributed by atoms with Gasteiger partial charge in [0, 0.05) is 19.6 Å². The van der Waals surface area contributed by atoms with E-state index < -0.39 is 0 Å². The first-order chi connectivity index (χ1) is 6.46. The first-order valence-corrected chi connectivity index (χ1v) is 5.87. The Hall–Kier alpha value is -0.0800. The highest BCUT2D eigenvalue weighted by Crippen LogP contribution is 2.67. The maximum Gasteiger partial charge on any atom is 0.000394 e. The molecule has 2 fully saturated rings. The third kappa shape index (κ3) is 1.49. The fourth-order valence-corrected chi connectivity index (χ4v) is 2.77. The summed E-state index contributed by atoms with van der Waals surface area (Å²) >= 11 is 0. The van der Waals surface area contributed by atoms with Crippen LogP contribution >= 0.6 is 0 Å². The average Bonchev–Trinajstić information content (AvgIpc) is 2.35. The van der Waals surface area contributed by atoms with Gasteiger partial charge in [0.05, 0.1) is 0 Å². The maximum absolute atomic E-state index is 3.62. The SMILES string of the molecule is CC1(C)C(CNCC2CNC2)C1(C)C. The highest BCUT2D eigenvalue weighted by atomic mass is 15.0. The van der Waals surface area contributed by atoms with Crippen molar-refractivity contribution in [3.63, 3.8) is 0 Å². The van der Waals surface area contributed by atoms with Crippen LogP contribution in [0, 0.1) is 22.7 Å². The summed E-state index contributed by atoms with van der Waals surface area (Å²) in [6.45, 7) is 14.4. The molecule has 82 valence electrons. The minimum absolute atomic E-state index is 0.540. The number of hydrogen-bond acceptors (Lipinski definition) is 2. The van der Waals surface area contributed by atoms with Crippen molar-refractivity contribution in [1.82, 2.24) is 10.6 Å². The van der Waals surface area contributed by atoms with Gasteiger partial charge in [-0.3, -0.25) is 0 Å². The molecule has 0 atom stereocenters. The van der Waals surface area contributed by atoms with Crippen LogP contribution in [0.5, 0.6) is 0 Å². The molecule has 1 saturated carbocycles. The van der Waals surface area contributed by atoms with Crippen LogP contribution in [-0.4, -0.2) is 26.2 Å². The summed E-state index contributed by atoms with van der Waals surface area (Å²) in [6, 6.07) is 0. The highest BCUT2D eigenvalue weighted by Gasteiger charge is 2.63. The second-order valence-electron chi connectivity index (χ2n) is 6.18. The van der Waals surface area contributed by atoms with Gasteiger partial charge in [0.15, 0.2) is 0 Å². The summed E-state index contributed by atoms with van der Waals surface area (Å²) in [5.41, 5.74) is 1.08. The second kappa shape index (κ2) is 3.21. The zero-order valence-electron chi connectivity index (χ0n) is 9.98. The number of hydrogen-bond donors (Lipinski definition) is 2.